The molecule has 0 saturated heterocycles. The van der Waals surface area contributed by atoms with Crippen LogP contribution in [0.1, 0.15) is 39.0 Å². The maximum Gasteiger partial charge on any atom is 0.305 e. The fourth-order valence-electron chi connectivity index (χ4n) is 1.93. The van der Waals surface area contributed by atoms with E-state index in [1.807, 2.05) is 0 Å². The number of carbonyl (C=O) groups excluding carboxylic acids is 1. The van der Waals surface area contributed by atoms with E-state index in [-0.39, 0.29) is 5.97 Å². The zero-order chi connectivity index (χ0) is 19.1. The van der Waals surface area contributed by atoms with E-state index in [0.29, 0.717) is 72.5 Å². The minimum Gasteiger partial charge on any atom is -0.499 e. The number of hydrogen-bond acceptors (Lipinski definition) is 7. The Balaban J connectivity index is 3.08. The third-order valence-electron chi connectivity index (χ3n) is 3.30. The first kappa shape index (κ1) is 24.8. The Morgan fingerprint density at radius 1 is 0.731 bits per heavy atom. The third-order valence-corrected chi connectivity index (χ3v) is 3.30. The van der Waals surface area contributed by atoms with Gasteiger partial charge in [-0.15, -0.1) is 0 Å². The Hall–Kier alpha value is -1.15. The van der Waals surface area contributed by atoms with Crippen LogP contribution in [0.3, 0.4) is 0 Å². The van der Waals surface area contributed by atoms with E-state index in [2.05, 4.69) is 13.5 Å². The monoisotopic (exact) mass is 376 g/mol. The van der Waals surface area contributed by atoms with Gasteiger partial charge >= 0.3 is 5.97 Å². The molecule has 0 unspecified atom stereocenters. The number of ether oxygens (including phenoxy) is 6. The first-order chi connectivity index (χ1) is 12.8. The second kappa shape index (κ2) is 21.9. The lowest BCUT2D eigenvalue weighted by molar-refractivity contribution is -0.145. The summed E-state index contributed by atoms with van der Waals surface area (Å²) < 4.78 is 31.3. The summed E-state index contributed by atoms with van der Waals surface area (Å²) in [7, 11) is 0. The Morgan fingerprint density at radius 2 is 1.23 bits per heavy atom. The molecule has 0 amide bonds. The van der Waals surface area contributed by atoms with Crippen LogP contribution in [0.5, 0.6) is 0 Å². The molecule has 0 heterocycles. The summed E-state index contributed by atoms with van der Waals surface area (Å²) in [4.78, 5) is 11.4. The molecule has 0 aromatic rings. The number of esters is 1. The average molecular weight is 376 g/mol. The highest BCUT2D eigenvalue weighted by molar-refractivity contribution is 5.69. The van der Waals surface area contributed by atoms with E-state index in [1.54, 1.807) is 0 Å². The third kappa shape index (κ3) is 20.9. The highest BCUT2D eigenvalue weighted by Gasteiger charge is 2.02. The van der Waals surface area contributed by atoms with Crippen LogP contribution in [0.4, 0.5) is 0 Å². The quantitative estimate of drug-likeness (QED) is 0.173. The smallest absolute Gasteiger partial charge is 0.305 e. The summed E-state index contributed by atoms with van der Waals surface area (Å²) in [5.41, 5.74) is 0. The molecule has 0 fully saturated rings. The molecule has 26 heavy (non-hydrogen) atoms. The van der Waals surface area contributed by atoms with Gasteiger partial charge in [0.05, 0.1) is 59.1 Å². The number of rotatable bonds is 21. The van der Waals surface area contributed by atoms with E-state index in [9.17, 15) is 4.79 Å². The van der Waals surface area contributed by atoms with Crippen molar-refractivity contribution in [2.24, 2.45) is 0 Å². The summed E-state index contributed by atoms with van der Waals surface area (Å²) in [5.74, 6) is -0.143. The Morgan fingerprint density at radius 3 is 1.73 bits per heavy atom. The highest BCUT2D eigenvalue weighted by Crippen LogP contribution is 2.03. The standard InChI is InChI=1S/C19H36O7/c1-3-5-6-7-8-19(20)26-18-17-25-16-15-24-14-13-23-12-11-22-10-9-21-4-2/h4H,2-3,5-18H2,1H3. The molecule has 0 spiro atoms. The molecule has 0 saturated carbocycles. The summed E-state index contributed by atoms with van der Waals surface area (Å²) in [5, 5.41) is 0. The SMILES string of the molecule is C=COCCOCCOCCOCCOCCOC(=O)CCCCCC. The van der Waals surface area contributed by atoms with Gasteiger partial charge in [-0.2, -0.15) is 0 Å². The molecule has 7 heteroatoms. The van der Waals surface area contributed by atoms with Gasteiger partial charge in [-0.1, -0.05) is 32.8 Å². The topological polar surface area (TPSA) is 72.5 Å². The summed E-state index contributed by atoms with van der Waals surface area (Å²) in [6, 6.07) is 0. The second-order valence-electron chi connectivity index (χ2n) is 5.52. The largest absolute Gasteiger partial charge is 0.499 e. The lowest BCUT2D eigenvalue weighted by atomic mass is 10.2. The van der Waals surface area contributed by atoms with Crippen molar-refractivity contribution in [1.82, 2.24) is 0 Å². The van der Waals surface area contributed by atoms with Gasteiger partial charge < -0.3 is 28.4 Å². The molecular weight excluding hydrogens is 340 g/mol. The molecule has 0 aromatic heterocycles. The van der Waals surface area contributed by atoms with E-state index >= 15 is 0 Å². The molecule has 0 radical (unpaired) electrons. The van der Waals surface area contributed by atoms with Crippen LogP contribution >= 0.6 is 0 Å². The van der Waals surface area contributed by atoms with Gasteiger partial charge in [-0.25, -0.2) is 0 Å². The van der Waals surface area contributed by atoms with Crippen molar-refractivity contribution in [2.45, 2.75) is 39.0 Å². The van der Waals surface area contributed by atoms with Crippen LogP contribution in [-0.4, -0.2) is 72.0 Å². The summed E-state index contributed by atoms with van der Waals surface area (Å²) in [6.07, 6.45) is 6.21. The normalized spacial score (nSPS) is 10.7. The van der Waals surface area contributed by atoms with Gasteiger partial charge in [0.2, 0.25) is 0 Å². The predicted octanol–water partition coefficient (Wildman–Crippen LogP) is 2.73. The van der Waals surface area contributed by atoms with Crippen LogP contribution in [0, 0.1) is 0 Å². The first-order valence-corrected chi connectivity index (χ1v) is 9.50. The van der Waals surface area contributed by atoms with Gasteiger partial charge in [-0.3, -0.25) is 4.79 Å². The second-order valence-corrected chi connectivity index (χ2v) is 5.52. The molecule has 7 nitrogen and oxygen atoms in total. The van der Waals surface area contributed by atoms with Crippen LogP contribution in [-0.2, 0) is 33.2 Å². The van der Waals surface area contributed by atoms with Gasteiger partial charge in [-0.05, 0) is 6.42 Å². The number of unbranched alkanes of at least 4 members (excludes halogenated alkanes) is 3. The maximum absolute atomic E-state index is 11.4. The highest BCUT2D eigenvalue weighted by atomic mass is 16.6. The minimum absolute atomic E-state index is 0.143. The molecule has 0 atom stereocenters. The average Bonchev–Trinajstić information content (AvgIpc) is 2.65. The van der Waals surface area contributed by atoms with Crippen molar-refractivity contribution in [3.8, 4) is 0 Å². The van der Waals surface area contributed by atoms with Crippen molar-refractivity contribution >= 4 is 5.97 Å². The minimum atomic E-state index is -0.143. The van der Waals surface area contributed by atoms with Gasteiger partial charge in [0.1, 0.15) is 13.2 Å². The molecule has 154 valence electrons. The van der Waals surface area contributed by atoms with Crippen LogP contribution < -0.4 is 0 Å². The van der Waals surface area contributed by atoms with E-state index < -0.39 is 0 Å². The van der Waals surface area contributed by atoms with Crippen molar-refractivity contribution in [3.05, 3.63) is 12.8 Å². The van der Waals surface area contributed by atoms with Gasteiger partial charge in [0, 0.05) is 6.42 Å². The van der Waals surface area contributed by atoms with Crippen molar-refractivity contribution in [3.63, 3.8) is 0 Å². The fourth-order valence-corrected chi connectivity index (χ4v) is 1.93. The fraction of sp³-hybridized carbons (Fsp3) is 0.842. The van der Waals surface area contributed by atoms with Crippen molar-refractivity contribution in [2.75, 3.05) is 66.1 Å². The molecule has 0 rings (SSSR count). The molecule has 0 aliphatic carbocycles. The first-order valence-electron chi connectivity index (χ1n) is 9.50. The maximum atomic E-state index is 11.4. The predicted molar refractivity (Wildman–Crippen MR) is 99.1 cm³/mol. The zero-order valence-corrected chi connectivity index (χ0v) is 16.2. The van der Waals surface area contributed by atoms with Gasteiger partial charge in [0.25, 0.3) is 0 Å². The lowest BCUT2D eigenvalue weighted by Gasteiger charge is -2.08. The molecule has 0 N–H and O–H groups in total. The van der Waals surface area contributed by atoms with Crippen LogP contribution in [0.2, 0.25) is 0 Å². The lowest BCUT2D eigenvalue weighted by Crippen LogP contribution is -2.14. The van der Waals surface area contributed by atoms with Crippen LogP contribution in [0.15, 0.2) is 12.8 Å². The van der Waals surface area contributed by atoms with E-state index in [1.165, 1.54) is 12.7 Å². The van der Waals surface area contributed by atoms with E-state index in [4.69, 9.17) is 28.4 Å². The molecule has 0 aliphatic heterocycles. The van der Waals surface area contributed by atoms with E-state index in [0.717, 1.165) is 19.3 Å². The Bertz CT molecular complexity index is 310. The number of carbonyl (C=O) groups is 1. The van der Waals surface area contributed by atoms with Crippen molar-refractivity contribution in [1.29, 1.82) is 0 Å². The molecule has 0 aliphatic rings. The Kier molecular flexibility index (Phi) is 20.9. The molecule has 0 aromatic carbocycles. The molecular formula is C19H36O7. The van der Waals surface area contributed by atoms with Crippen molar-refractivity contribution < 1.29 is 33.2 Å². The van der Waals surface area contributed by atoms with Gasteiger partial charge in [0.15, 0.2) is 0 Å². The van der Waals surface area contributed by atoms with Crippen LogP contribution in [0.25, 0.3) is 0 Å². The zero-order valence-electron chi connectivity index (χ0n) is 16.2. The molecule has 0 bridgehead atoms. The summed E-state index contributed by atoms with van der Waals surface area (Å²) >= 11 is 0. The Labute approximate surface area is 157 Å². The number of hydrogen-bond donors (Lipinski definition) is 0. The summed E-state index contributed by atoms with van der Waals surface area (Å²) in [6.45, 7) is 10.4.